The molecule has 1 amide bonds. The Morgan fingerprint density at radius 1 is 1.28 bits per heavy atom. The Hall–Kier alpha value is -2.24. The molecule has 0 spiro atoms. The monoisotopic (exact) mass is 371 g/mol. The van der Waals surface area contributed by atoms with E-state index in [1.807, 2.05) is 36.4 Å². The maximum Gasteiger partial charge on any atom is 0.230 e. The van der Waals surface area contributed by atoms with Crippen LogP contribution in [-0.2, 0) is 11.3 Å². The molecule has 0 aliphatic rings. The summed E-state index contributed by atoms with van der Waals surface area (Å²) in [5, 5.41) is 4.23. The molecule has 0 aliphatic heterocycles. The van der Waals surface area contributed by atoms with Gasteiger partial charge >= 0.3 is 0 Å². The van der Waals surface area contributed by atoms with Crippen molar-refractivity contribution in [2.75, 3.05) is 12.3 Å². The van der Waals surface area contributed by atoms with Crippen LogP contribution in [0.15, 0.2) is 66.3 Å². The number of fused-ring (bicyclic) bond motifs is 1. The summed E-state index contributed by atoms with van der Waals surface area (Å²) in [6.45, 7) is 4.76. The summed E-state index contributed by atoms with van der Waals surface area (Å²) in [4.78, 5) is 16.5. The van der Waals surface area contributed by atoms with E-state index < -0.39 is 0 Å². The molecule has 1 aromatic heterocycles. The highest BCUT2D eigenvalue weighted by Crippen LogP contribution is 2.27. The summed E-state index contributed by atoms with van der Waals surface area (Å²) in [5.74, 6) is 0.265. The standard InChI is InChI=1S/C19H18ClN3OS/c1-2-10-21-18(24)13-25-19-22-16-11-15(20)8-9-17(16)23(19)12-14-6-4-3-5-7-14/h2-9,11H,1,10,12-13H2,(H,21,24). The number of hydrogen-bond acceptors (Lipinski definition) is 3. The van der Waals surface area contributed by atoms with Crippen molar-refractivity contribution < 1.29 is 4.79 Å². The Kier molecular flexibility index (Phi) is 5.79. The normalized spacial score (nSPS) is 10.8. The lowest BCUT2D eigenvalue weighted by atomic mass is 10.2. The second-order valence-electron chi connectivity index (χ2n) is 5.48. The number of halogens is 1. The number of amides is 1. The molecule has 0 aliphatic carbocycles. The Morgan fingerprint density at radius 2 is 2.08 bits per heavy atom. The lowest BCUT2D eigenvalue weighted by Gasteiger charge is -2.09. The summed E-state index contributed by atoms with van der Waals surface area (Å²) in [5.41, 5.74) is 3.01. The molecule has 0 bridgehead atoms. The zero-order valence-corrected chi connectivity index (χ0v) is 15.2. The van der Waals surface area contributed by atoms with Gasteiger partial charge in [-0.2, -0.15) is 0 Å². The third-order valence-corrected chi connectivity index (χ3v) is 4.85. The lowest BCUT2D eigenvalue weighted by molar-refractivity contribution is -0.118. The second-order valence-corrected chi connectivity index (χ2v) is 6.86. The molecule has 0 unspecified atom stereocenters. The van der Waals surface area contributed by atoms with E-state index in [1.54, 1.807) is 6.08 Å². The van der Waals surface area contributed by atoms with Crippen LogP contribution in [0.1, 0.15) is 5.56 Å². The zero-order chi connectivity index (χ0) is 17.6. The largest absolute Gasteiger partial charge is 0.352 e. The number of hydrogen-bond donors (Lipinski definition) is 1. The second kappa shape index (κ2) is 8.23. The van der Waals surface area contributed by atoms with Gasteiger partial charge < -0.3 is 9.88 Å². The summed E-state index contributed by atoms with van der Waals surface area (Å²) in [6.07, 6.45) is 1.66. The van der Waals surface area contributed by atoms with E-state index in [0.29, 0.717) is 23.9 Å². The maximum atomic E-state index is 11.9. The van der Waals surface area contributed by atoms with Crippen molar-refractivity contribution in [2.24, 2.45) is 0 Å². The predicted octanol–water partition coefficient (Wildman–Crippen LogP) is 4.13. The molecular weight excluding hydrogens is 354 g/mol. The lowest BCUT2D eigenvalue weighted by Crippen LogP contribution is -2.25. The molecule has 0 saturated carbocycles. The van der Waals surface area contributed by atoms with Gasteiger partial charge in [0, 0.05) is 11.6 Å². The number of benzene rings is 2. The SMILES string of the molecule is C=CCNC(=O)CSc1nc2cc(Cl)ccc2n1Cc1ccccc1. The first-order chi connectivity index (χ1) is 12.2. The van der Waals surface area contributed by atoms with Gasteiger partial charge in [0.05, 0.1) is 23.3 Å². The first kappa shape index (κ1) is 17.6. The van der Waals surface area contributed by atoms with Gasteiger partial charge in [0.1, 0.15) is 0 Å². The first-order valence-electron chi connectivity index (χ1n) is 7.87. The molecule has 6 heteroatoms. The van der Waals surface area contributed by atoms with Crippen LogP contribution in [0.3, 0.4) is 0 Å². The van der Waals surface area contributed by atoms with Gasteiger partial charge in [0.15, 0.2) is 5.16 Å². The van der Waals surface area contributed by atoms with E-state index in [-0.39, 0.29) is 5.91 Å². The van der Waals surface area contributed by atoms with Gasteiger partial charge in [-0.1, -0.05) is 59.8 Å². The molecule has 0 atom stereocenters. The van der Waals surface area contributed by atoms with Crippen LogP contribution in [0.25, 0.3) is 11.0 Å². The van der Waals surface area contributed by atoms with E-state index >= 15 is 0 Å². The van der Waals surface area contributed by atoms with Gasteiger partial charge in [0.2, 0.25) is 5.91 Å². The van der Waals surface area contributed by atoms with E-state index in [0.717, 1.165) is 16.2 Å². The molecule has 4 nitrogen and oxygen atoms in total. The number of nitrogens with zero attached hydrogens (tertiary/aromatic N) is 2. The molecule has 0 fully saturated rings. The highest BCUT2D eigenvalue weighted by Gasteiger charge is 2.13. The van der Waals surface area contributed by atoms with Crippen LogP contribution in [0, 0.1) is 0 Å². The average molecular weight is 372 g/mol. The van der Waals surface area contributed by atoms with Gasteiger partial charge in [0.25, 0.3) is 0 Å². The Balaban J connectivity index is 1.88. The van der Waals surface area contributed by atoms with Crippen LogP contribution in [-0.4, -0.2) is 27.8 Å². The van der Waals surface area contributed by atoms with Gasteiger partial charge in [-0.05, 0) is 23.8 Å². The molecule has 3 aromatic rings. The first-order valence-corrected chi connectivity index (χ1v) is 9.24. The molecule has 2 aromatic carbocycles. The fraction of sp³-hybridized carbons (Fsp3) is 0.158. The van der Waals surface area contributed by atoms with Gasteiger partial charge in [-0.15, -0.1) is 6.58 Å². The Labute approximate surface area is 155 Å². The van der Waals surface area contributed by atoms with E-state index in [1.165, 1.54) is 17.3 Å². The summed E-state index contributed by atoms with van der Waals surface area (Å²) >= 11 is 7.51. The van der Waals surface area contributed by atoms with Gasteiger partial charge in [-0.25, -0.2) is 4.98 Å². The minimum atomic E-state index is -0.0405. The molecule has 3 rings (SSSR count). The number of aromatic nitrogens is 2. The van der Waals surface area contributed by atoms with Crippen molar-refractivity contribution in [3.05, 3.63) is 71.8 Å². The van der Waals surface area contributed by atoms with Crippen molar-refractivity contribution in [3.63, 3.8) is 0 Å². The smallest absolute Gasteiger partial charge is 0.230 e. The van der Waals surface area contributed by atoms with Crippen molar-refractivity contribution in [2.45, 2.75) is 11.7 Å². The molecule has 0 saturated heterocycles. The zero-order valence-electron chi connectivity index (χ0n) is 13.6. The van der Waals surface area contributed by atoms with Crippen LogP contribution < -0.4 is 5.32 Å². The van der Waals surface area contributed by atoms with Crippen molar-refractivity contribution in [1.29, 1.82) is 0 Å². The van der Waals surface area contributed by atoms with Crippen molar-refractivity contribution in [1.82, 2.24) is 14.9 Å². The van der Waals surface area contributed by atoms with E-state index in [4.69, 9.17) is 11.6 Å². The average Bonchev–Trinajstić information content (AvgIpc) is 2.95. The highest BCUT2D eigenvalue weighted by atomic mass is 35.5. The van der Waals surface area contributed by atoms with E-state index in [2.05, 4.69) is 33.6 Å². The minimum Gasteiger partial charge on any atom is -0.352 e. The quantitative estimate of drug-likeness (QED) is 0.501. The van der Waals surface area contributed by atoms with Crippen molar-refractivity contribution >= 4 is 40.3 Å². The van der Waals surface area contributed by atoms with Crippen LogP contribution in [0.2, 0.25) is 5.02 Å². The molecule has 1 heterocycles. The number of carbonyl (C=O) groups excluding carboxylic acids is 1. The third-order valence-electron chi connectivity index (χ3n) is 3.63. The van der Waals surface area contributed by atoms with Crippen LogP contribution in [0.4, 0.5) is 0 Å². The molecule has 25 heavy (non-hydrogen) atoms. The topological polar surface area (TPSA) is 46.9 Å². The Morgan fingerprint density at radius 3 is 2.84 bits per heavy atom. The van der Waals surface area contributed by atoms with Crippen molar-refractivity contribution in [3.8, 4) is 0 Å². The summed E-state index contributed by atoms with van der Waals surface area (Å²) < 4.78 is 2.12. The van der Waals surface area contributed by atoms with Crippen LogP contribution >= 0.6 is 23.4 Å². The summed E-state index contributed by atoms with van der Waals surface area (Å²) in [6, 6.07) is 15.9. The minimum absolute atomic E-state index is 0.0405. The fourth-order valence-corrected chi connectivity index (χ4v) is 3.49. The fourth-order valence-electron chi connectivity index (χ4n) is 2.48. The molecule has 0 radical (unpaired) electrons. The van der Waals surface area contributed by atoms with E-state index in [9.17, 15) is 4.79 Å². The highest BCUT2D eigenvalue weighted by molar-refractivity contribution is 7.99. The van der Waals surface area contributed by atoms with Gasteiger partial charge in [-0.3, -0.25) is 4.79 Å². The van der Waals surface area contributed by atoms with Crippen LogP contribution in [0.5, 0.6) is 0 Å². The molecule has 128 valence electrons. The Bertz CT molecular complexity index is 892. The number of nitrogens with one attached hydrogen (secondary N) is 1. The third kappa shape index (κ3) is 4.44. The summed E-state index contributed by atoms with van der Waals surface area (Å²) in [7, 11) is 0. The number of thioether (sulfide) groups is 1. The molecular formula is C19H18ClN3OS. The predicted molar refractivity (Wildman–Crippen MR) is 104 cm³/mol. The number of rotatable bonds is 7. The molecule has 1 N–H and O–H groups in total. The maximum absolute atomic E-state index is 11.9. The number of carbonyl (C=O) groups is 1. The number of imidazole rings is 1.